The lowest BCUT2D eigenvalue weighted by molar-refractivity contribution is 1.17. The van der Waals surface area contributed by atoms with Crippen LogP contribution in [0.3, 0.4) is 0 Å². The van der Waals surface area contributed by atoms with Crippen LogP contribution in [-0.2, 0) is 0 Å². The number of alkyl halides is 3. The maximum Gasteiger partial charge on any atom is 0.251 e. The zero-order chi connectivity index (χ0) is 18.8. The topological polar surface area (TPSA) is 75.7 Å². The minimum Gasteiger partial charge on any atom is -0.388 e. The third-order valence-electron chi connectivity index (χ3n) is 0.590. The normalized spacial score (nSPS) is 7.70. The Hall–Kier alpha value is 1.92. The molecule has 0 radical (unpaired) electrons. The Balaban J connectivity index is -0.0000000622. The van der Waals surface area contributed by atoms with E-state index < -0.39 is 3.12 Å². The van der Waals surface area contributed by atoms with Gasteiger partial charge in [0.25, 0.3) is 3.12 Å². The molecule has 0 aliphatic heterocycles. The van der Waals surface area contributed by atoms with E-state index in [2.05, 4.69) is 55.5 Å². The van der Waals surface area contributed by atoms with Crippen molar-refractivity contribution in [3.8, 4) is 0 Å². The number of thiocarbonyl (C=S) groups is 2. The zero-order valence-corrected chi connectivity index (χ0v) is 20.5. The van der Waals surface area contributed by atoms with Crippen molar-refractivity contribution in [2.45, 2.75) is 17.0 Å². The van der Waals surface area contributed by atoms with Crippen molar-refractivity contribution < 1.29 is 0 Å². The lowest BCUT2D eigenvalue weighted by atomic mass is 10.8. The molecule has 16 heteroatoms. The van der Waals surface area contributed by atoms with E-state index in [9.17, 15) is 0 Å². The van der Waals surface area contributed by atoms with Gasteiger partial charge in [-0.1, -0.05) is 34.8 Å². The number of aryl methyl sites for hydroxylation is 1. The quantitative estimate of drug-likeness (QED) is 0.148. The number of hydrogen-bond acceptors (Lipinski definition) is 7. The molecule has 0 spiro atoms. The predicted octanol–water partition coefficient (Wildman–Crippen LogP) is 7.46. The summed E-state index contributed by atoms with van der Waals surface area (Å²) in [7, 11) is 13.9. The van der Waals surface area contributed by atoms with Crippen LogP contribution in [0, 0.1) is 12.3 Å². The number of nitrogens with zero attached hydrogens (tertiary/aromatic N) is 2. The molecule has 138 valence electrons. The highest BCUT2D eigenvalue weighted by atomic mass is 36.5. The SMILES string of the molecule is CC(=N)N.Cc1nsc(Cl)n1.Cl.ClCl.ClSC(Cl)(Cl)Cl.S=C=S. The van der Waals surface area contributed by atoms with Gasteiger partial charge in [-0.3, -0.25) is 5.41 Å². The molecule has 0 bridgehead atoms. The Morgan fingerprint density at radius 1 is 1.35 bits per heavy atom. The van der Waals surface area contributed by atoms with Gasteiger partial charge >= 0.3 is 0 Å². The molecule has 0 fully saturated rings. The molecular formula is C7H10Cl8N4S4. The molecule has 3 N–H and O–H groups in total. The summed E-state index contributed by atoms with van der Waals surface area (Å²) in [5.74, 6) is 0.912. The first-order chi connectivity index (χ1) is 9.99. The second-order valence-corrected chi connectivity index (χ2v) is 8.57. The van der Waals surface area contributed by atoms with Crippen LogP contribution in [0.1, 0.15) is 12.7 Å². The van der Waals surface area contributed by atoms with Gasteiger partial charge in [-0.15, -0.1) is 12.4 Å². The van der Waals surface area contributed by atoms with Gasteiger partial charge in [0.05, 0.1) is 5.84 Å². The van der Waals surface area contributed by atoms with E-state index in [4.69, 9.17) is 68.2 Å². The molecule has 1 aromatic heterocycles. The molecule has 0 aliphatic rings. The molecular weight excluding hydrogens is 552 g/mol. The predicted molar refractivity (Wildman–Crippen MR) is 120 cm³/mol. The summed E-state index contributed by atoms with van der Waals surface area (Å²) in [6, 6.07) is 0. The minimum absolute atomic E-state index is 0. The fourth-order valence-electron chi connectivity index (χ4n) is 0.272. The number of halogens is 8. The first kappa shape index (κ1) is 35.9. The van der Waals surface area contributed by atoms with Crippen LogP contribution in [0.5, 0.6) is 0 Å². The standard InChI is InChI=1S/C3H3ClN2S.C2H6N2.CCl4S.CS2.Cl2.ClH/c1-2-5-3(4)7-6-2;1-2(3)4;2-1(3,4)6-5;2-1-3;1-2;/h1H3;1H3,(H3,3,4);;;;1H. The van der Waals surface area contributed by atoms with E-state index in [1.54, 1.807) is 0 Å². The van der Waals surface area contributed by atoms with E-state index in [0.29, 0.717) is 15.4 Å². The van der Waals surface area contributed by atoms with Gasteiger partial charge in [0, 0.05) is 37.0 Å². The highest BCUT2D eigenvalue weighted by Crippen LogP contribution is 2.40. The Labute approximate surface area is 194 Å². The number of nitrogens with one attached hydrogen (secondary N) is 1. The molecule has 23 heavy (non-hydrogen) atoms. The van der Waals surface area contributed by atoms with E-state index in [-0.39, 0.29) is 18.2 Å². The fourth-order valence-corrected chi connectivity index (χ4v) is 0.919. The van der Waals surface area contributed by atoms with E-state index in [1.807, 2.05) is 11.2 Å². The summed E-state index contributed by atoms with van der Waals surface area (Å²) in [6.07, 6.45) is 0. The van der Waals surface area contributed by atoms with Gasteiger partial charge in [0.15, 0.2) is 0 Å². The number of rotatable bonds is 0. The second kappa shape index (κ2) is 26.2. The Morgan fingerprint density at radius 2 is 1.61 bits per heavy atom. The molecule has 0 aromatic carbocycles. The van der Waals surface area contributed by atoms with Crippen LogP contribution in [0.2, 0.25) is 4.47 Å². The molecule has 1 heterocycles. The van der Waals surface area contributed by atoms with Crippen molar-refractivity contribution >= 4 is 148 Å². The maximum absolute atomic E-state index is 6.28. The summed E-state index contributed by atoms with van der Waals surface area (Å²) in [6.45, 7) is 3.34. The number of aromatic nitrogens is 2. The molecule has 4 nitrogen and oxygen atoms in total. The molecule has 0 unspecified atom stereocenters. The maximum atomic E-state index is 6.28. The van der Waals surface area contributed by atoms with Crippen LogP contribution in [0.4, 0.5) is 0 Å². The van der Waals surface area contributed by atoms with Crippen molar-refractivity contribution in [3.63, 3.8) is 0 Å². The molecule has 0 aliphatic carbocycles. The van der Waals surface area contributed by atoms with Gasteiger partial charge in [-0.05, 0) is 72.1 Å². The van der Waals surface area contributed by atoms with Crippen molar-refractivity contribution in [2.24, 2.45) is 5.73 Å². The van der Waals surface area contributed by atoms with Gasteiger partial charge in [0.1, 0.15) is 5.82 Å². The third-order valence-corrected chi connectivity index (χ3v) is 3.75. The van der Waals surface area contributed by atoms with Crippen LogP contribution in [0.15, 0.2) is 0 Å². The first-order valence-corrected chi connectivity index (χ1v) is 10.1. The monoisotopic (exact) mass is 558 g/mol. The van der Waals surface area contributed by atoms with Gasteiger partial charge < -0.3 is 5.73 Å². The number of hydrogen-bond donors (Lipinski definition) is 2. The number of amidine groups is 1. The van der Waals surface area contributed by atoms with Gasteiger partial charge in [0.2, 0.25) is 4.47 Å². The summed E-state index contributed by atoms with van der Waals surface area (Å²) in [5, 5.41) is 6.28. The lowest BCUT2D eigenvalue weighted by Crippen LogP contribution is -2.00. The Morgan fingerprint density at radius 3 is 1.65 bits per heavy atom. The van der Waals surface area contributed by atoms with Crippen LogP contribution >= 0.6 is 138 Å². The lowest BCUT2D eigenvalue weighted by Gasteiger charge is -1.99. The van der Waals surface area contributed by atoms with Crippen molar-refractivity contribution in [2.75, 3.05) is 0 Å². The molecule has 1 aromatic rings. The van der Waals surface area contributed by atoms with Crippen LogP contribution in [-0.4, -0.2) is 22.6 Å². The van der Waals surface area contributed by atoms with Crippen molar-refractivity contribution in [3.05, 3.63) is 10.3 Å². The summed E-state index contributed by atoms with van der Waals surface area (Å²) >= 11 is 29.8. The van der Waals surface area contributed by atoms with Crippen LogP contribution < -0.4 is 5.73 Å². The fraction of sp³-hybridized carbons (Fsp3) is 0.429. The highest BCUT2D eigenvalue weighted by Gasteiger charge is 2.17. The van der Waals surface area contributed by atoms with E-state index in [0.717, 1.165) is 5.82 Å². The Kier molecular flexibility index (Phi) is 40.9. The van der Waals surface area contributed by atoms with Crippen molar-refractivity contribution in [1.29, 1.82) is 5.41 Å². The highest BCUT2D eigenvalue weighted by molar-refractivity contribution is 8.24. The molecule has 0 saturated carbocycles. The zero-order valence-electron chi connectivity index (χ0n) is 11.2. The van der Waals surface area contributed by atoms with Gasteiger partial charge in [-0.2, -0.15) is 4.37 Å². The summed E-state index contributed by atoms with van der Waals surface area (Å²) in [5.41, 5.74) is 4.69. The average molecular weight is 562 g/mol. The van der Waals surface area contributed by atoms with E-state index >= 15 is 0 Å². The Bertz CT molecular complexity index is 387. The summed E-state index contributed by atoms with van der Waals surface area (Å²) in [4.78, 5) is 3.78. The molecule has 1 rings (SSSR count). The molecule has 0 atom stereocenters. The van der Waals surface area contributed by atoms with E-state index in [1.165, 1.54) is 18.5 Å². The van der Waals surface area contributed by atoms with Gasteiger partial charge in [-0.25, -0.2) is 4.98 Å². The number of nitrogens with two attached hydrogens (primary N) is 1. The van der Waals surface area contributed by atoms with Crippen LogP contribution in [0.25, 0.3) is 0 Å². The molecule has 0 saturated heterocycles. The second-order valence-electron chi connectivity index (χ2n) is 2.38. The average Bonchev–Trinajstić information content (AvgIpc) is 2.76. The third kappa shape index (κ3) is 59.3. The largest absolute Gasteiger partial charge is 0.388 e. The summed E-state index contributed by atoms with van der Waals surface area (Å²) < 4.78 is 4.88. The molecule has 0 amide bonds. The minimum atomic E-state index is -1.36. The van der Waals surface area contributed by atoms with Crippen molar-refractivity contribution in [1.82, 2.24) is 9.36 Å². The smallest absolute Gasteiger partial charge is 0.251 e. The first-order valence-electron chi connectivity index (χ1n) is 4.26.